The first kappa shape index (κ1) is 18.1. The number of sulfonamides is 1. The molecule has 0 unspecified atom stereocenters. The van der Waals surface area contributed by atoms with Gasteiger partial charge in [-0.3, -0.25) is 9.10 Å². The smallest absolute Gasteiger partial charge is 0.243 e. The number of hydrogen-bond donors (Lipinski definition) is 1. The van der Waals surface area contributed by atoms with Crippen LogP contribution in [0.25, 0.3) is 0 Å². The molecule has 5 nitrogen and oxygen atoms in total. The van der Waals surface area contributed by atoms with Gasteiger partial charge in [-0.15, -0.1) is 0 Å². The van der Waals surface area contributed by atoms with E-state index in [0.717, 1.165) is 48.0 Å². The molecule has 0 radical (unpaired) electrons. The standard InChI is InChI=1S/C17H22F2N2O3S/c1-10(17(22)20-16-8-11-3-4-12(16)7-11)21(25(2,23)24)13-5-6-14(18)15(19)9-13/h5-6,9-12,16H,3-4,7-8H2,1-2H3,(H,20,22)/t10-,11-,12-,16+/m0/s1. The molecule has 3 rings (SSSR count). The molecule has 2 aliphatic rings. The van der Waals surface area contributed by atoms with Crippen molar-refractivity contribution in [3.05, 3.63) is 29.8 Å². The molecule has 2 aliphatic carbocycles. The summed E-state index contributed by atoms with van der Waals surface area (Å²) in [6.45, 7) is 1.45. The number of anilines is 1. The summed E-state index contributed by atoms with van der Waals surface area (Å²) in [4.78, 5) is 12.6. The number of fused-ring (bicyclic) bond motifs is 2. The van der Waals surface area contributed by atoms with Gasteiger partial charge in [0, 0.05) is 12.1 Å². The lowest BCUT2D eigenvalue weighted by molar-refractivity contribution is -0.122. The number of amides is 1. The number of rotatable bonds is 5. The predicted molar refractivity (Wildman–Crippen MR) is 90.5 cm³/mol. The van der Waals surface area contributed by atoms with Crippen LogP contribution < -0.4 is 9.62 Å². The molecule has 0 aliphatic heterocycles. The molecule has 1 N–H and O–H groups in total. The minimum Gasteiger partial charge on any atom is -0.351 e. The Bertz CT molecular complexity index is 784. The Morgan fingerprint density at radius 2 is 1.96 bits per heavy atom. The van der Waals surface area contributed by atoms with Crippen LogP contribution in [0.3, 0.4) is 0 Å². The van der Waals surface area contributed by atoms with Crippen molar-refractivity contribution in [1.29, 1.82) is 0 Å². The molecule has 0 saturated heterocycles. The van der Waals surface area contributed by atoms with E-state index in [-0.39, 0.29) is 11.7 Å². The lowest BCUT2D eigenvalue weighted by atomic mass is 9.95. The summed E-state index contributed by atoms with van der Waals surface area (Å²) in [6, 6.07) is 1.81. The number of nitrogens with zero attached hydrogens (tertiary/aromatic N) is 1. The minimum atomic E-state index is -3.85. The van der Waals surface area contributed by atoms with E-state index in [1.807, 2.05) is 0 Å². The van der Waals surface area contributed by atoms with Crippen LogP contribution in [0.2, 0.25) is 0 Å². The monoisotopic (exact) mass is 372 g/mol. The average molecular weight is 372 g/mol. The second-order valence-corrected chi connectivity index (χ2v) is 8.98. The molecule has 4 atom stereocenters. The van der Waals surface area contributed by atoms with Gasteiger partial charge >= 0.3 is 0 Å². The second kappa shape index (κ2) is 6.55. The lowest BCUT2D eigenvalue weighted by Gasteiger charge is -2.31. The quantitative estimate of drug-likeness (QED) is 0.863. The fraction of sp³-hybridized carbons (Fsp3) is 0.588. The molecule has 138 valence electrons. The minimum absolute atomic E-state index is 0.0695. The van der Waals surface area contributed by atoms with Gasteiger partial charge in [-0.1, -0.05) is 6.42 Å². The summed E-state index contributed by atoms with van der Waals surface area (Å²) in [6.07, 6.45) is 5.25. The highest BCUT2D eigenvalue weighted by atomic mass is 32.2. The molecule has 25 heavy (non-hydrogen) atoms. The molecule has 8 heteroatoms. The topological polar surface area (TPSA) is 66.5 Å². The Morgan fingerprint density at radius 1 is 1.24 bits per heavy atom. The molecule has 0 heterocycles. The van der Waals surface area contributed by atoms with E-state index in [1.54, 1.807) is 0 Å². The van der Waals surface area contributed by atoms with Gasteiger partial charge in [-0.25, -0.2) is 17.2 Å². The van der Waals surface area contributed by atoms with Gasteiger partial charge in [0.05, 0.1) is 11.9 Å². The van der Waals surface area contributed by atoms with Gasteiger partial charge in [0.2, 0.25) is 15.9 Å². The van der Waals surface area contributed by atoms with Gasteiger partial charge in [-0.2, -0.15) is 0 Å². The highest BCUT2D eigenvalue weighted by Crippen LogP contribution is 2.44. The van der Waals surface area contributed by atoms with Crippen molar-refractivity contribution in [2.75, 3.05) is 10.6 Å². The number of halogens is 2. The number of carbonyl (C=O) groups excluding carboxylic acids is 1. The van der Waals surface area contributed by atoms with Crippen LogP contribution in [-0.4, -0.2) is 32.7 Å². The SMILES string of the molecule is C[C@@H](C(=O)N[C@@H]1C[C@H]2CC[C@H]1C2)N(c1ccc(F)c(F)c1)S(C)(=O)=O. The molecule has 2 saturated carbocycles. The second-order valence-electron chi connectivity index (χ2n) is 7.12. The molecule has 0 aromatic heterocycles. The maximum absolute atomic E-state index is 13.5. The van der Waals surface area contributed by atoms with Gasteiger partial charge in [0.15, 0.2) is 11.6 Å². The summed E-state index contributed by atoms with van der Waals surface area (Å²) in [7, 11) is -3.85. The van der Waals surface area contributed by atoms with E-state index in [2.05, 4.69) is 5.32 Å². The van der Waals surface area contributed by atoms with E-state index < -0.39 is 33.6 Å². The maximum Gasteiger partial charge on any atom is 0.243 e. The van der Waals surface area contributed by atoms with Crippen molar-refractivity contribution in [1.82, 2.24) is 5.32 Å². The highest BCUT2D eigenvalue weighted by molar-refractivity contribution is 7.92. The summed E-state index contributed by atoms with van der Waals surface area (Å²) in [5, 5.41) is 2.95. The number of hydrogen-bond acceptors (Lipinski definition) is 3. The number of benzene rings is 1. The Morgan fingerprint density at radius 3 is 2.48 bits per heavy atom. The summed E-state index contributed by atoms with van der Waals surface area (Å²) in [5.74, 6) is -1.56. The third-order valence-corrected chi connectivity index (χ3v) is 6.55. The van der Waals surface area contributed by atoms with E-state index >= 15 is 0 Å². The van der Waals surface area contributed by atoms with Crippen LogP contribution in [0.15, 0.2) is 18.2 Å². The molecular weight excluding hydrogens is 350 g/mol. The van der Waals surface area contributed by atoms with Gasteiger partial charge < -0.3 is 5.32 Å². The molecule has 1 amide bonds. The van der Waals surface area contributed by atoms with Crippen molar-refractivity contribution in [3.8, 4) is 0 Å². The number of nitrogens with one attached hydrogen (secondary N) is 1. The number of carbonyl (C=O) groups is 1. The van der Waals surface area contributed by atoms with Crippen LogP contribution in [0.4, 0.5) is 14.5 Å². The molecular formula is C17H22F2N2O3S. The molecule has 2 bridgehead atoms. The zero-order valence-corrected chi connectivity index (χ0v) is 15.0. The van der Waals surface area contributed by atoms with Crippen molar-refractivity contribution < 1.29 is 22.0 Å². The zero-order chi connectivity index (χ0) is 18.4. The normalized spacial score (nSPS) is 26.5. The molecule has 1 aromatic carbocycles. The Balaban J connectivity index is 1.80. The van der Waals surface area contributed by atoms with Crippen molar-refractivity contribution in [2.24, 2.45) is 11.8 Å². The van der Waals surface area contributed by atoms with Crippen LogP contribution in [0.1, 0.15) is 32.6 Å². The van der Waals surface area contributed by atoms with Crippen LogP contribution in [0, 0.1) is 23.5 Å². The Kier molecular flexibility index (Phi) is 4.74. The largest absolute Gasteiger partial charge is 0.351 e. The molecule has 1 aromatic rings. The van der Waals surface area contributed by atoms with E-state index in [9.17, 15) is 22.0 Å². The van der Waals surface area contributed by atoms with Crippen molar-refractivity contribution in [2.45, 2.75) is 44.7 Å². The third kappa shape index (κ3) is 3.63. The first-order valence-corrected chi connectivity index (χ1v) is 10.3. The first-order valence-electron chi connectivity index (χ1n) is 8.41. The predicted octanol–water partition coefficient (Wildman–Crippen LogP) is 2.42. The first-order chi connectivity index (χ1) is 11.7. The molecule has 2 fully saturated rings. The summed E-state index contributed by atoms with van der Waals surface area (Å²) in [5.41, 5.74) is -0.0722. The summed E-state index contributed by atoms with van der Waals surface area (Å²) >= 11 is 0. The molecule has 0 spiro atoms. The lowest BCUT2D eigenvalue weighted by Crippen LogP contribution is -2.51. The van der Waals surface area contributed by atoms with Crippen molar-refractivity contribution in [3.63, 3.8) is 0 Å². The van der Waals surface area contributed by atoms with Crippen molar-refractivity contribution >= 4 is 21.6 Å². The van der Waals surface area contributed by atoms with Gasteiger partial charge in [0.1, 0.15) is 6.04 Å². The highest BCUT2D eigenvalue weighted by Gasteiger charge is 2.41. The summed E-state index contributed by atoms with van der Waals surface area (Å²) < 4.78 is 51.8. The van der Waals surface area contributed by atoms with E-state index in [1.165, 1.54) is 13.3 Å². The van der Waals surface area contributed by atoms with Gasteiger partial charge in [0.25, 0.3) is 0 Å². The Hall–Kier alpha value is -1.70. The van der Waals surface area contributed by atoms with Crippen LogP contribution in [0.5, 0.6) is 0 Å². The third-order valence-electron chi connectivity index (χ3n) is 5.31. The zero-order valence-electron chi connectivity index (χ0n) is 14.2. The fourth-order valence-electron chi connectivity index (χ4n) is 4.16. The Labute approximate surface area is 146 Å². The van der Waals surface area contributed by atoms with E-state index in [4.69, 9.17) is 0 Å². The fourth-order valence-corrected chi connectivity index (χ4v) is 5.32. The van der Waals surface area contributed by atoms with E-state index in [0.29, 0.717) is 11.8 Å². The average Bonchev–Trinajstić information content (AvgIpc) is 3.12. The van der Waals surface area contributed by atoms with Crippen LogP contribution in [-0.2, 0) is 14.8 Å². The van der Waals surface area contributed by atoms with Gasteiger partial charge in [-0.05, 0) is 50.2 Å². The maximum atomic E-state index is 13.5. The van der Waals surface area contributed by atoms with Crippen LogP contribution >= 0.6 is 0 Å².